The fourth-order valence-corrected chi connectivity index (χ4v) is 2.83. The van der Waals surface area contributed by atoms with Crippen molar-refractivity contribution in [1.29, 1.82) is 0 Å². The zero-order valence-electron chi connectivity index (χ0n) is 15.2. The third kappa shape index (κ3) is 11.4. The summed E-state index contributed by atoms with van der Waals surface area (Å²) < 4.78 is 49.3. The quantitative estimate of drug-likeness (QED) is 0.166. The molecular formula is C17H25BrO8S. The summed E-state index contributed by atoms with van der Waals surface area (Å²) in [6, 6.07) is 6.44. The molecule has 1 rings (SSSR count). The Balaban J connectivity index is 1.94. The molecule has 0 saturated carbocycles. The second kappa shape index (κ2) is 14.0. The minimum atomic E-state index is -3.76. The Morgan fingerprint density at radius 1 is 0.852 bits per heavy atom. The molecule has 0 N–H and O–H groups in total. The van der Waals surface area contributed by atoms with E-state index in [0.29, 0.717) is 33.0 Å². The molecule has 0 aliphatic heterocycles. The van der Waals surface area contributed by atoms with Gasteiger partial charge in [0.05, 0.1) is 51.1 Å². The van der Waals surface area contributed by atoms with Crippen LogP contribution < -0.4 is 0 Å². The zero-order valence-corrected chi connectivity index (χ0v) is 17.6. The summed E-state index contributed by atoms with van der Waals surface area (Å²) >= 11 is 2.99. The molecule has 154 valence electrons. The van der Waals surface area contributed by atoms with E-state index in [1.807, 2.05) is 6.92 Å². The summed E-state index contributed by atoms with van der Waals surface area (Å²) in [6.45, 7) is 3.91. The number of halogens is 1. The van der Waals surface area contributed by atoms with Gasteiger partial charge in [0.25, 0.3) is 10.1 Å². The van der Waals surface area contributed by atoms with Crippen LogP contribution in [0.5, 0.6) is 0 Å². The fraction of sp³-hybridized carbons (Fsp3) is 0.588. The van der Waals surface area contributed by atoms with Crippen molar-refractivity contribution in [3.05, 3.63) is 29.8 Å². The number of esters is 1. The monoisotopic (exact) mass is 468 g/mol. The maximum atomic E-state index is 11.9. The fourth-order valence-electron chi connectivity index (χ4n) is 1.77. The third-order valence-corrected chi connectivity index (χ3v) is 4.90. The molecule has 0 fully saturated rings. The Labute approximate surface area is 168 Å². The Morgan fingerprint density at radius 2 is 1.33 bits per heavy atom. The van der Waals surface area contributed by atoms with Gasteiger partial charge in [-0.25, -0.2) is 0 Å². The molecule has 1 aromatic rings. The highest BCUT2D eigenvalue weighted by Crippen LogP contribution is 2.12. The molecule has 0 radical (unpaired) electrons. The summed E-state index contributed by atoms with van der Waals surface area (Å²) in [5.74, 6) is -0.331. The molecule has 27 heavy (non-hydrogen) atoms. The third-order valence-electron chi connectivity index (χ3n) is 3.12. The van der Waals surface area contributed by atoms with Crippen LogP contribution in [-0.2, 0) is 38.0 Å². The summed E-state index contributed by atoms with van der Waals surface area (Å²) in [6.07, 6.45) is 0. The molecule has 1 aromatic carbocycles. The number of hydrogen-bond donors (Lipinski definition) is 0. The van der Waals surface area contributed by atoms with Crippen molar-refractivity contribution < 1.29 is 36.3 Å². The Bertz CT molecular complexity index is 633. The van der Waals surface area contributed by atoms with Crippen molar-refractivity contribution in [1.82, 2.24) is 0 Å². The molecule has 0 saturated heterocycles. The molecule has 10 heteroatoms. The number of hydrogen-bond acceptors (Lipinski definition) is 8. The van der Waals surface area contributed by atoms with Crippen LogP contribution in [0.2, 0.25) is 0 Å². The predicted molar refractivity (Wildman–Crippen MR) is 102 cm³/mol. The number of alkyl halides is 1. The van der Waals surface area contributed by atoms with Gasteiger partial charge in [-0.15, -0.1) is 0 Å². The molecule has 0 aliphatic rings. The van der Waals surface area contributed by atoms with Crippen molar-refractivity contribution in [2.45, 2.75) is 11.8 Å². The smallest absolute Gasteiger partial charge is 0.316 e. The topological polar surface area (TPSA) is 97.4 Å². The van der Waals surface area contributed by atoms with Gasteiger partial charge in [0.1, 0.15) is 11.9 Å². The van der Waals surface area contributed by atoms with Gasteiger partial charge in [-0.05, 0) is 19.1 Å². The number of rotatable bonds is 15. The molecule has 8 nitrogen and oxygen atoms in total. The highest BCUT2D eigenvalue weighted by molar-refractivity contribution is 9.09. The van der Waals surface area contributed by atoms with E-state index in [4.69, 9.17) is 23.1 Å². The average molecular weight is 469 g/mol. The lowest BCUT2D eigenvalue weighted by molar-refractivity contribution is -0.142. The highest BCUT2D eigenvalue weighted by Gasteiger charge is 2.14. The molecule has 0 amide bonds. The Kier molecular flexibility index (Phi) is 12.5. The number of benzene rings is 1. The van der Waals surface area contributed by atoms with E-state index in [9.17, 15) is 13.2 Å². The van der Waals surface area contributed by atoms with Gasteiger partial charge >= 0.3 is 5.97 Å². The Morgan fingerprint density at radius 3 is 1.85 bits per heavy atom. The minimum absolute atomic E-state index is 0.0631. The maximum absolute atomic E-state index is 11.9. The lowest BCUT2D eigenvalue weighted by Crippen LogP contribution is -2.15. The van der Waals surface area contributed by atoms with Gasteiger partial charge < -0.3 is 18.9 Å². The largest absolute Gasteiger partial charge is 0.463 e. The van der Waals surface area contributed by atoms with Crippen molar-refractivity contribution in [3.63, 3.8) is 0 Å². The first-order chi connectivity index (χ1) is 13.0. The number of carbonyl (C=O) groups is 1. The van der Waals surface area contributed by atoms with Gasteiger partial charge in [-0.1, -0.05) is 33.6 Å². The van der Waals surface area contributed by atoms with E-state index in [0.717, 1.165) is 5.56 Å². The molecule has 0 aromatic heterocycles. The van der Waals surface area contributed by atoms with Gasteiger partial charge in [0.15, 0.2) is 0 Å². The molecular weight excluding hydrogens is 444 g/mol. The standard InChI is InChI=1S/C17H25BrO8S/c1-15-2-4-16(5-3-15)27(20,21)26-13-11-24-9-7-22-6-8-23-10-12-25-17(19)14-18/h2-5H,6-14H2,1H3. The van der Waals surface area contributed by atoms with Crippen LogP contribution in [0.1, 0.15) is 5.56 Å². The van der Waals surface area contributed by atoms with Crippen LogP contribution in [0.15, 0.2) is 29.2 Å². The summed E-state index contributed by atoms with van der Waals surface area (Å²) in [7, 11) is -3.76. The van der Waals surface area contributed by atoms with E-state index >= 15 is 0 Å². The first-order valence-electron chi connectivity index (χ1n) is 8.36. The molecule has 0 aliphatic carbocycles. The molecule has 0 atom stereocenters. The van der Waals surface area contributed by atoms with Crippen molar-refractivity contribution >= 4 is 32.0 Å². The van der Waals surface area contributed by atoms with E-state index in [1.54, 1.807) is 12.1 Å². The van der Waals surface area contributed by atoms with E-state index < -0.39 is 10.1 Å². The molecule has 0 bridgehead atoms. The lowest BCUT2D eigenvalue weighted by Gasteiger charge is -2.08. The lowest BCUT2D eigenvalue weighted by atomic mass is 10.2. The van der Waals surface area contributed by atoms with Crippen LogP contribution in [0, 0.1) is 6.92 Å². The van der Waals surface area contributed by atoms with E-state index in [1.165, 1.54) is 12.1 Å². The second-order valence-electron chi connectivity index (χ2n) is 5.28. The van der Waals surface area contributed by atoms with E-state index in [-0.39, 0.29) is 36.0 Å². The van der Waals surface area contributed by atoms with Crippen molar-refractivity contribution in [3.8, 4) is 0 Å². The first-order valence-corrected chi connectivity index (χ1v) is 10.9. The number of ether oxygens (including phenoxy) is 4. The predicted octanol–water partition coefficient (Wildman–Crippen LogP) is 1.69. The molecule has 0 unspecified atom stereocenters. The van der Waals surface area contributed by atoms with Gasteiger partial charge in [0.2, 0.25) is 0 Å². The highest BCUT2D eigenvalue weighted by atomic mass is 79.9. The molecule has 0 heterocycles. The van der Waals surface area contributed by atoms with Crippen LogP contribution in [-0.4, -0.2) is 72.6 Å². The SMILES string of the molecule is Cc1ccc(S(=O)(=O)OCCOCCOCCOCCOC(=O)CBr)cc1. The first kappa shape index (κ1) is 24.0. The average Bonchev–Trinajstić information content (AvgIpc) is 2.65. The van der Waals surface area contributed by atoms with E-state index in [2.05, 4.69) is 15.9 Å². The summed E-state index contributed by atoms with van der Waals surface area (Å²) in [5.41, 5.74) is 0.973. The van der Waals surface area contributed by atoms with Crippen LogP contribution in [0.3, 0.4) is 0 Å². The zero-order chi connectivity index (χ0) is 20.0. The maximum Gasteiger partial charge on any atom is 0.316 e. The van der Waals surface area contributed by atoms with Crippen molar-refractivity contribution in [2.24, 2.45) is 0 Å². The van der Waals surface area contributed by atoms with Crippen LogP contribution >= 0.6 is 15.9 Å². The number of aryl methyl sites for hydroxylation is 1. The van der Waals surface area contributed by atoms with Gasteiger partial charge in [0, 0.05) is 0 Å². The number of carbonyl (C=O) groups excluding carboxylic acids is 1. The second-order valence-corrected chi connectivity index (χ2v) is 7.46. The van der Waals surface area contributed by atoms with Crippen LogP contribution in [0.4, 0.5) is 0 Å². The van der Waals surface area contributed by atoms with Crippen LogP contribution in [0.25, 0.3) is 0 Å². The normalized spacial score (nSPS) is 11.5. The van der Waals surface area contributed by atoms with Crippen molar-refractivity contribution in [2.75, 3.05) is 58.2 Å². The molecule has 0 spiro atoms. The minimum Gasteiger partial charge on any atom is -0.463 e. The van der Waals surface area contributed by atoms with Gasteiger partial charge in [-0.3, -0.25) is 8.98 Å². The summed E-state index contributed by atoms with van der Waals surface area (Å²) in [5, 5.41) is 0.166. The summed E-state index contributed by atoms with van der Waals surface area (Å²) in [4.78, 5) is 11.0. The Hall–Kier alpha value is -1.04. The van der Waals surface area contributed by atoms with Gasteiger partial charge in [-0.2, -0.15) is 8.42 Å².